The molecule has 1 amide bonds. The number of hydrogen-bond donors (Lipinski definition) is 1. The smallest absolute Gasteiger partial charge is 0.253 e. The maximum absolute atomic E-state index is 12.5. The first-order chi connectivity index (χ1) is 9.15. The lowest BCUT2D eigenvalue weighted by molar-refractivity contribution is 0.0785. The van der Waals surface area contributed by atoms with Crippen molar-refractivity contribution in [2.24, 2.45) is 5.92 Å². The number of fused-ring (bicyclic) bond motifs is 1. The van der Waals surface area contributed by atoms with Crippen molar-refractivity contribution in [2.45, 2.75) is 25.8 Å². The van der Waals surface area contributed by atoms with Crippen LogP contribution in [0.4, 0.5) is 0 Å². The van der Waals surface area contributed by atoms with Crippen LogP contribution in [-0.4, -0.2) is 36.5 Å². The third-order valence-electron chi connectivity index (χ3n) is 4.31. The van der Waals surface area contributed by atoms with E-state index in [-0.39, 0.29) is 5.91 Å². The third kappa shape index (κ3) is 2.56. The summed E-state index contributed by atoms with van der Waals surface area (Å²) < 4.78 is 1.01. The van der Waals surface area contributed by atoms with E-state index in [0.29, 0.717) is 12.0 Å². The van der Waals surface area contributed by atoms with E-state index in [0.717, 1.165) is 35.2 Å². The summed E-state index contributed by atoms with van der Waals surface area (Å²) >= 11 is 3.50. The molecular formula is C15H19BrN2O. The van der Waals surface area contributed by atoms with Crippen LogP contribution in [0.2, 0.25) is 0 Å². The lowest BCUT2D eigenvalue weighted by Crippen LogP contribution is -2.41. The Hall–Kier alpha value is -0.870. The number of aryl methyl sites for hydroxylation is 1. The summed E-state index contributed by atoms with van der Waals surface area (Å²) in [4.78, 5) is 14.5. The van der Waals surface area contributed by atoms with Gasteiger partial charge in [-0.15, -0.1) is 0 Å². The molecule has 2 heterocycles. The molecule has 2 aliphatic rings. The molecule has 0 aliphatic carbocycles. The number of nitrogens with one attached hydrogen (secondary N) is 1. The van der Waals surface area contributed by atoms with Crippen LogP contribution >= 0.6 is 15.9 Å². The summed E-state index contributed by atoms with van der Waals surface area (Å²) in [5, 5.41) is 3.53. The van der Waals surface area contributed by atoms with E-state index in [1.807, 2.05) is 30.0 Å². The number of piperidine rings is 1. The van der Waals surface area contributed by atoms with Crippen molar-refractivity contribution in [3.63, 3.8) is 0 Å². The number of carbonyl (C=O) groups is 1. The van der Waals surface area contributed by atoms with Gasteiger partial charge in [0.05, 0.1) is 0 Å². The predicted molar refractivity (Wildman–Crippen MR) is 79.3 cm³/mol. The summed E-state index contributed by atoms with van der Waals surface area (Å²) in [6.45, 7) is 4.89. The van der Waals surface area contributed by atoms with E-state index in [2.05, 4.69) is 21.2 Å². The zero-order valence-electron chi connectivity index (χ0n) is 11.2. The minimum atomic E-state index is 0.164. The lowest BCUT2D eigenvalue weighted by Gasteiger charge is -2.24. The van der Waals surface area contributed by atoms with Gasteiger partial charge in [0.15, 0.2) is 0 Å². The third-order valence-corrected chi connectivity index (χ3v) is 5.16. The second-order valence-corrected chi connectivity index (χ2v) is 6.49. The summed E-state index contributed by atoms with van der Waals surface area (Å²) in [6.07, 6.45) is 2.48. The van der Waals surface area contributed by atoms with Gasteiger partial charge in [0.1, 0.15) is 0 Å². The monoisotopic (exact) mass is 322 g/mol. The molecule has 1 N–H and O–H groups in total. The van der Waals surface area contributed by atoms with Gasteiger partial charge < -0.3 is 10.2 Å². The van der Waals surface area contributed by atoms with Gasteiger partial charge in [-0.1, -0.05) is 22.0 Å². The molecule has 0 saturated carbocycles. The minimum absolute atomic E-state index is 0.164. The Balaban J connectivity index is 1.75. The Morgan fingerprint density at radius 2 is 2.26 bits per heavy atom. The number of halogens is 1. The molecule has 2 aliphatic heterocycles. The van der Waals surface area contributed by atoms with E-state index >= 15 is 0 Å². The van der Waals surface area contributed by atoms with Gasteiger partial charge in [-0.05, 0) is 49.9 Å². The molecule has 1 aromatic carbocycles. The SMILES string of the molecule is Cc1ccc(C(=O)N2C[C@@H]3CCCN[C@@H]3C2)cc1Br. The van der Waals surface area contributed by atoms with Gasteiger partial charge in [0.25, 0.3) is 5.91 Å². The van der Waals surface area contributed by atoms with E-state index in [1.54, 1.807) is 0 Å². The van der Waals surface area contributed by atoms with Crippen molar-refractivity contribution in [3.05, 3.63) is 33.8 Å². The minimum Gasteiger partial charge on any atom is -0.337 e. The molecule has 0 spiro atoms. The molecule has 0 unspecified atom stereocenters. The van der Waals surface area contributed by atoms with Crippen LogP contribution in [-0.2, 0) is 0 Å². The van der Waals surface area contributed by atoms with Gasteiger partial charge in [-0.3, -0.25) is 4.79 Å². The summed E-state index contributed by atoms with van der Waals surface area (Å²) in [5.41, 5.74) is 1.95. The number of nitrogens with zero attached hydrogens (tertiary/aromatic N) is 1. The van der Waals surface area contributed by atoms with Gasteiger partial charge in [-0.25, -0.2) is 0 Å². The number of carbonyl (C=O) groups excluding carboxylic acids is 1. The average molecular weight is 323 g/mol. The first-order valence-corrected chi connectivity index (χ1v) is 7.73. The number of likely N-dealkylation sites (tertiary alicyclic amines) is 1. The van der Waals surface area contributed by atoms with Crippen LogP contribution in [0, 0.1) is 12.8 Å². The highest BCUT2D eigenvalue weighted by Crippen LogP contribution is 2.27. The molecule has 102 valence electrons. The predicted octanol–water partition coefficient (Wildman–Crippen LogP) is 2.58. The molecule has 2 atom stereocenters. The Bertz CT molecular complexity index is 489. The molecule has 3 rings (SSSR count). The van der Waals surface area contributed by atoms with Crippen LogP contribution in [0.25, 0.3) is 0 Å². The molecule has 4 heteroatoms. The quantitative estimate of drug-likeness (QED) is 0.862. The fraction of sp³-hybridized carbons (Fsp3) is 0.533. The standard InChI is InChI=1S/C15H19BrN2O/c1-10-4-5-11(7-13(10)16)15(19)18-8-12-3-2-6-17-14(12)9-18/h4-5,7,12,14,17H,2-3,6,8-9H2,1H3/t12-,14+/m0/s1. The molecule has 1 aromatic rings. The van der Waals surface area contributed by atoms with Gasteiger partial charge in [-0.2, -0.15) is 0 Å². The Kier molecular flexibility index (Phi) is 3.63. The second-order valence-electron chi connectivity index (χ2n) is 5.64. The number of hydrogen-bond acceptors (Lipinski definition) is 2. The Morgan fingerprint density at radius 3 is 3.00 bits per heavy atom. The van der Waals surface area contributed by atoms with Crippen molar-refractivity contribution in [2.75, 3.05) is 19.6 Å². The summed E-state index contributed by atoms with van der Waals surface area (Å²) in [6, 6.07) is 6.37. The fourth-order valence-corrected chi connectivity index (χ4v) is 3.50. The molecule has 0 radical (unpaired) electrons. The van der Waals surface area contributed by atoms with Crippen LogP contribution < -0.4 is 5.32 Å². The number of benzene rings is 1. The zero-order chi connectivity index (χ0) is 13.4. The highest BCUT2D eigenvalue weighted by molar-refractivity contribution is 9.10. The molecule has 0 aromatic heterocycles. The van der Waals surface area contributed by atoms with Crippen molar-refractivity contribution >= 4 is 21.8 Å². The maximum atomic E-state index is 12.5. The first kappa shape index (κ1) is 13.1. The van der Waals surface area contributed by atoms with Crippen molar-refractivity contribution in [3.8, 4) is 0 Å². The first-order valence-electron chi connectivity index (χ1n) is 6.94. The molecule has 0 bridgehead atoms. The van der Waals surface area contributed by atoms with Crippen LogP contribution in [0.5, 0.6) is 0 Å². The largest absolute Gasteiger partial charge is 0.337 e. The highest BCUT2D eigenvalue weighted by atomic mass is 79.9. The van der Waals surface area contributed by atoms with Crippen molar-refractivity contribution < 1.29 is 4.79 Å². The van der Waals surface area contributed by atoms with Gasteiger partial charge >= 0.3 is 0 Å². The van der Waals surface area contributed by atoms with E-state index in [9.17, 15) is 4.79 Å². The summed E-state index contributed by atoms with van der Waals surface area (Å²) in [7, 11) is 0. The van der Waals surface area contributed by atoms with E-state index < -0.39 is 0 Å². The average Bonchev–Trinajstić information content (AvgIpc) is 2.85. The topological polar surface area (TPSA) is 32.3 Å². The van der Waals surface area contributed by atoms with Gasteiger partial charge in [0.2, 0.25) is 0 Å². The highest BCUT2D eigenvalue weighted by Gasteiger charge is 2.36. The van der Waals surface area contributed by atoms with E-state index in [1.165, 1.54) is 12.8 Å². The van der Waals surface area contributed by atoms with Crippen LogP contribution in [0.15, 0.2) is 22.7 Å². The van der Waals surface area contributed by atoms with Crippen molar-refractivity contribution in [1.82, 2.24) is 10.2 Å². The van der Waals surface area contributed by atoms with Gasteiger partial charge in [0, 0.05) is 29.2 Å². The van der Waals surface area contributed by atoms with E-state index in [4.69, 9.17) is 0 Å². The molecule has 2 saturated heterocycles. The molecule has 2 fully saturated rings. The van der Waals surface area contributed by atoms with Crippen LogP contribution in [0.3, 0.4) is 0 Å². The Labute approximate surface area is 122 Å². The zero-order valence-corrected chi connectivity index (χ0v) is 12.7. The Morgan fingerprint density at radius 1 is 1.42 bits per heavy atom. The molecule has 19 heavy (non-hydrogen) atoms. The summed E-state index contributed by atoms with van der Waals surface area (Å²) in [5.74, 6) is 0.809. The maximum Gasteiger partial charge on any atom is 0.253 e. The molecule has 3 nitrogen and oxygen atoms in total. The number of rotatable bonds is 1. The van der Waals surface area contributed by atoms with Crippen LogP contribution in [0.1, 0.15) is 28.8 Å². The number of amides is 1. The second kappa shape index (κ2) is 5.25. The molecular weight excluding hydrogens is 304 g/mol. The fourth-order valence-electron chi connectivity index (χ4n) is 3.12. The normalized spacial score (nSPS) is 26.3. The van der Waals surface area contributed by atoms with Crippen molar-refractivity contribution in [1.29, 1.82) is 0 Å². The lowest BCUT2D eigenvalue weighted by atomic mass is 9.94.